The van der Waals surface area contributed by atoms with Gasteiger partial charge in [-0.3, -0.25) is 0 Å². The van der Waals surface area contributed by atoms with E-state index in [1.165, 1.54) is 5.39 Å². The first-order chi connectivity index (χ1) is 19.6. The fourth-order valence-electron chi connectivity index (χ4n) is 5.81. The first-order valence-electron chi connectivity index (χ1n) is 13.5. The zero-order valence-electron chi connectivity index (χ0n) is 22.5. The van der Waals surface area contributed by atoms with E-state index in [2.05, 4.69) is 109 Å². The van der Waals surface area contributed by atoms with Gasteiger partial charge in [-0.25, -0.2) is 4.98 Å². The van der Waals surface area contributed by atoms with Gasteiger partial charge in [0.05, 0.1) is 11.0 Å². The van der Waals surface area contributed by atoms with Gasteiger partial charge in [0.15, 0.2) is 0 Å². The maximum absolute atomic E-state index is 4.97. The quantitative estimate of drug-likeness (QED) is 0.137. The summed E-state index contributed by atoms with van der Waals surface area (Å²) in [6.07, 6.45) is 3.78. The molecule has 4 aromatic carbocycles. The Morgan fingerprint density at radius 1 is 0.707 bits per heavy atom. The van der Waals surface area contributed by atoms with Crippen LogP contribution in [0.25, 0.3) is 60.5 Å². The average molecular weight is 708 g/mol. The number of pyridine rings is 3. The van der Waals surface area contributed by atoms with Gasteiger partial charge >= 0.3 is 21.1 Å². The molecule has 0 N–H and O–H groups in total. The molecular formula is C36H24N4Pt. The van der Waals surface area contributed by atoms with Crippen LogP contribution in [0.3, 0.4) is 0 Å². The Hall–Kier alpha value is -4.40. The summed E-state index contributed by atoms with van der Waals surface area (Å²) in [5.74, 6) is 0. The van der Waals surface area contributed by atoms with Crippen LogP contribution in [0.5, 0.6) is 0 Å². The smallest absolute Gasteiger partial charge is 0.335 e. The van der Waals surface area contributed by atoms with Gasteiger partial charge in [0.25, 0.3) is 0 Å². The maximum atomic E-state index is 4.97. The minimum atomic E-state index is -0.353. The molecule has 0 unspecified atom stereocenters. The number of hydrogen-bond donors (Lipinski definition) is 0. The molecule has 4 aromatic heterocycles. The van der Waals surface area contributed by atoms with E-state index in [9.17, 15) is 0 Å². The summed E-state index contributed by atoms with van der Waals surface area (Å²) >= 11 is 0. The van der Waals surface area contributed by atoms with Crippen molar-refractivity contribution in [3.63, 3.8) is 0 Å². The van der Waals surface area contributed by atoms with Crippen LogP contribution in [0.4, 0.5) is 0 Å². The minimum absolute atomic E-state index is 0. The number of para-hydroxylation sites is 2. The van der Waals surface area contributed by atoms with Crippen molar-refractivity contribution in [3.8, 4) is 11.3 Å². The van der Waals surface area contributed by atoms with Crippen LogP contribution < -0.4 is 0 Å². The summed E-state index contributed by atoms with van der Waals surface area (Å²) in [4.78, 5) is 14.5. The van der Waals surface area contributed by atoms with Gasteiger partial charge in [-0.2, -0.15) is 0 Å². The molecule has 198 valence electrons. The van der Waals surface area contributed by atoms with Gasteiger partial charge in [0.2, 0.25) is 0 Å². The molecule has 0 spiro atoms. The first kappa shape index (κ1) is 25.6. The molecule has 41 heavy (non-hydrogen) atoms. The van der Waals surface area contributed by atoms with E-state index < -0.39 is 0 Å². The zero-order valence-corrected chi connectivity index (χ0v) is 24.8. The predicted octanol–water partition coefficient (Wildman–Crippen LogP) is 8.33. The second-order valence-electron chi connectivity index (χ2n) is 10.8. The molecule has 0 aliphatic rings. The second-order valence-corrected chi connectivity index (χ2v) is 10.8. The van der Waals surface area contributed by atoms with Crippen molar-refractivity contribution < 1.29 is 21.1 Å². The SMILES string of the molecule is CC(C)(c1[c-]c(-c2cc3ccccc3cn2)ccc1)c1[c-]c2c3ncccc3c3nc4ccccc4n3c2cc1.[Pt+2]. The summed E-state index contributed by atoms with van der Waals surface area (Å²) in [6, 6.07) is 41.0. The van der Waals surface area contributed by atoms with Crippen molar-refractivity contribution in [3.05, 3.63) is 133 Å². The van der Waals surface area contributed by atoms with Gasteiger partial charge in [0.1, 0.15) is 5.65 Å². The monoisotopic (exact) mass is 707 g/mol. The molecule has 8 rings (SSSR count). The van der Waals surface area contributed by atoms with Crippen molar-refractivity contribution in [2.24, 2.45) is 0 Å². The molecule has 5 heteroatoms. The topological polar surface area (TPSA) is 43.1 Å². The Morgan fingerprint density at radius 3 is 2.41 bits per heavy atom. The molecule has 0 atom stereocenters. The summed E-state index contributed by atoms with van der Waals surface area (Å²) in [6.45, 7) is 4.46. The number of fused-ring (bicyclic) bond motifs is 9. The van der Waals surface area contributed by atoms with E-state index >= 15 is 0 Å². The Balaban J connectivity index is 0.00000276. The molecule has 0 amide bonds. The Morgan fingerprint density at radius 2 is 1.51 bits per heavy atom. The van der Waals surface area contributed by atoms with Crippen molar-refractivity contribution in [2.45, 2.75) is 19.3 Å². The van der Waals surface area contributed by atoms with Crippen LogP contribution in [-0.4, -0.2) is 19.4 Å². The van der Waals surface area contributed by atoms with Crippen molar-refractivity contribution >= 4 is 49.3 Å². The third kappa shape index (κ3) is 3.97. The van der Waals surface area contributed by atoms with E-state index in [1.807, 2.05) is 30.6 Å². The minimum Gasteiger partial charge on any atom is -0.335 e. The molecule has 8 aromatic rings. The average Bonchev–Trinajstić information content (AvgIpc) is 3.41. The van der Waals surface area contributed by atoms with E-state index in [0.29, 0.717) is 0 Å². The molecule has 0 radical (unpaired) electrons. The third-order valence-corrected chi connectivity index (χ3v) is 8.06. The van der Waals surface area contributed by atoms with Gasteiger partial charge < -0.3 is 14.4 Å². The maximum Gasteiger partial charge on any atom is 2.00 e. The van der Waals surface area contributed by atoms with Crippen LogP contribution in [0.15, 0.2) is 109 Å². The normalized spacial score (nSPS) is 12.0. The number of aromatic nitrogens is 4. The van der Waals surface area contributed by atoms with Crippen molar-refractivity contribution in [1.29, 1.82) is 0 Å². The fraction of sp³-hybridized carbons (Fsp3) is 0.0833. The second kappa shape index (κ2) is 9.61. The number of rotatable bonds is 3. The molecule has 4 heterocycles. The molecule has 0 saturated carbocycles. The van der Waals surface area contributed by atoms with E-state index in [-0.39, 0.29) is 26.5 Å². The van der Waals surface area contributed by atoms with Crippen LogP contribution in [-0.2, 0) is 26.5 Å². The van der Waals surface area contributed by atoms with Crippen molar-refractivity contribution in [2.75, 3.05) is 0 Å². The Kier molecular flexibility index (Phi) is 5.99. The molecule has 0 bridgehead atoms. The van der Waals surface area contributed by atoms with E-state index in [1.54, 1.807) is 0 Å². The molecule has 0 aliphatic heterocycles. The first-order valence-corrected chi connectivity index (χ1v) is 13.5. The van der Waals surface area contributed by atoms with Crippen LogP contribution in [0.1, 0.15) is 25.0 Å². The van der Waals surface area contributed by atoms with Gasteiger partial charge in [-0.05, 0) is 45.6 Å². The summed E-state index contributed by atoms with van der Waals surface area (Å²) in [5.41, 5.74) is 8.64. The standard InChI is InChI=1S/C36H24N4.Pt/c1-36(2,26-12-7-11-24(19-26)31-20-23-9-3-4-10-25(23)22-38-31)27-16-17-32-29(21-27)34-28(13-8-18-37-34)35-39-30-14-5-6-15-33(30)40(32)35;/h3-18,20,22H,1-2H3;/q-2;+2. The number of hydrogen-bond acceptors (Lipinski definition) is 3. The molecule has 4 nitrogen and oxygen atoms in total. The molecule has 0 aliphatic carbocycles. The third-order valence-electron chi connectivity index (χ3n) is 8.06. The van der Waals surface area contributed by atoms with Gasteiger partial charge in [-0.15, -0.1) is 64.5 Å². The molecule has 0 fully saturated rings. The molecule has 0 saturated heterocycles. The van der Waals surface area contributed by atoms with Gasteiger partial charge in [-0.1, -0.05) is 62.4 Å². The Bertz CT molecular complexity index is 2260. The predicted molar refractivity (Wildman–Crippen MR) is 162 cm³/mol. The number of imidazole rings is 1. The summed E-state index contributed by atoms with van der Waals surface area (Å²) in [7, 11) is 0. The fourth-order valence-corrected chi connectivity index (χ4v) is 5.81. The van der Waals surface area contributed by atoms with Crippen LogP contribution in [0.2, 0.25) is 0 Å². The van der Waals surface area contributed by atoms with Gasteiger partial charge in [0, 0.05) is 23.3 Å². The number of benzene rings is 4. The van der Waals surface area contributed by atoms with E-state index in [0.717, 1.165) is 66.3 Å². The largest absolute Gasteiger partial charge is 2.00 e. The van der Waals surface area contributed by atoms with Crippen LogP contribution in [0, 0.1) is 12.1 Å². The Labute approximate surface area is 252 Å². The van der Waals surface area contributed by atoms with E-state index in [4.69, 9.17) is 15.0 Å². The number of nitrogens with zero attached hydrogens (tertiary/aromatic N) is 4. The van der Waals surface area contributed by atoms with Crippen molar-refractivity contribution in [1.82, 2.24) is 19.4 Å². The molecular weight excluding hydrogens is 684 g/mol. The zero-order chi connectivity index (χ0) is 26.8. The summed E-state index contributed by atoms with van der Waals surface area (Å²) in [5, 5.41) is 4.32. The summed E-state index contributed by atoms with van der Waals surface area (Å²) < 4.78 is 2.24. The van der Waals surface area contributed by atoms with Crippen LogP contribution >= 0.6 is 0 Å².